The largest absolute Gasteiger partial charge is 0.482 e. The number of halogens is 1. The van der Waals surface area contributed by atoms with Crippen LogP contribution < -0.4 is 4.74 Å². The predicted molar refractivity (Wildman–Crippen MR) is 94.8 cm³/mol. The first kappa shape index (κ1) is 19.0. The summed E-state index contributed by atoms with van der Waals surface area (Å²) in [5.41, 5.74) is 0. The van der Waals surface area contributed by atoms with Gasteiger partial charge < -0.3 is 14.4 Å². The molecule has 142 valence electrons. The molecule has 0 radical (unpaired) electrons. The second-order valence-corrected chi connectivity index (χ2v) is 9.16. The van der Waals surface area contributed by atoms with E-state index < -0.39 is 22.4 Å². The molecular formula is C17H20ClNO6S. The number of hydrogen-bond donors (Lipinski definition) is 0. The van der Waals surface area contributed by atoms with Crippen molar-refractivity contribution in [3.8, 4) is 5.75 Å². The predicted octanol–water partition coefficient (Wildman–Crippen LogP) is 1.44. The van der Waals surface area contributed by atoms with E-state index in [4.69, 9.17) is 21.1 Å². The van der Waals surface area contributed by atoms with Crippen molar-refractivity contribution in [3.05, 3.63) is 29.3 Å². The Morgan fingerprint density at radius 3 is 2.54 bits per heavy atom. The lowest BCUT2D eigenvalue weighted by atomic mass is 10.2. The monoisotopic (exact) mass is 401 g/mol. The van der Waals surface area contributed by atoms with Gasteiger partial charge in [0.1, 0.15) is 5.75 Å². The van der Waals surface area contributed by atoms with Gasteiger partial charge in [-0.1, -0.05) is 17.7 Å². The zero-order valence-corrected chi connectivity index (χ0v) is 15.7. The molecule has 0 unspecified atom stereocenters. The van der Waals surface area contributed by atoms with E-state index >= 15 is 0 Å². The second kappa shape index (κ2) is 7.84. The van der Waals surface area contributed by atoms with Gasteiger partial charge in [-0.2, -0.15) is 0 Å². The van der Waals surface area contributed by atoms with Crippen LogP contribution in [0.15, 0.2) is 24.3 Å². The minimum absolute atomic E-state index is 0.0128. The zero-order chi connectivity index (χ0) is 18.7. The van der Waals surface area contributed by atoms with Gasteiger partial charge in [-0.05, 0) is 37.5 Å². The summed E-state index contributed by atoms with van der Waals surface area (Å²) in [6.45, 7) is -0.750. The quantitative estimate of drug-likeness (QED) is 0.642. The molecule has 0 N–H and O–H groups in total. The van der Waals surface area contributed by atoms with Crippen molar-refractivity contribution < 1.29 is 27.5 Å². The van der Waals surface area contributed by atoms with E-state index in [1.54, 1.807) is 29.2 Å². The summed E-state index contributed by atoms with van der Waals surface area (Å²) >= 11 is 5.83. The number of carbonyl (C=O) groups excluding carboxylic acids is 2. The Kier molecular flexibility index (Phi) is 5.72. The highest BCUT2D eigenvalue weighted by atomic mass is 35.5. The maximum Gasteiger partial charge on any atom is 0.344 e. The van der Waals surface area contributed by atoms with E-state index in [1.807, 2.05) is 0 Å². The highest BCUT2D eigenvalue weighted by Crippen LogP contribution is 2.32. The van der Waals surface area contributed by atoms with Gasteiger partial charge in [0.15, 0.2) is 23.1 Å². The van der Waals surface area contributed by atoms with E-state index in [0.717, 1.165) is 12.8 Å². The standard InChI is InChI=1S/C17H20ClNO6S/c18-12-2-1-3-15(8-12)24-10-17(21)25-9-16(20)19(13-4-5-13)14-6-7-26(22,23)11-14/h1-3,8,13-14H,4-7,9-11H2/t14-/m1/s1. The van der Waals surface area contributed by atoms with Crippen LogP contribution in [0.1, 0.15) is 19.3 Å². The number of sulfone groups is 1. The summed E-state index contributed by atoms with van der Waals surface area (Å²) in [6.07, 6.45) is 2.15. The molecule has 26 heavy (non-hydrogen) atoms. The van der Waals surface area contributed by atoms with E-state index in [-0.39, 0.29) is 36.1 Å². The van der Waals surface area contributed by atoms with Gasteiger partial charge in [-0.3, -0.25) is 4.79 Å². The number of carbonyl (C=O) groups is 2. The van der Waals surface area contributed by atoms with Crippen LogP contribution in [0.2, 0.25) is 5.02 Å². The van der Waals surface area contributed by atoms with Gasteiger partial charge in [0.2, 0.25) is 0 Å². The molecule has 1 saturated heterocycles. The molecule has 0 bridgehead atoms. The zero-order valence-electron chi connectivity index (χ0n) is 14.1. The molecule has 1 aromatic carbocycles. The average molecular weight is 402 g/mol. The molecule has 1 atom stereocenters. The minimum atomic E-state index is -3.09. The first-order chi connectivity index (χ1) is 12.3. The smallest absolute Gasteiger partial charge is 0.344 e. The molecule has 1 saturated carbocycles. The first-order valence-corrected chi connectivity index (χ1v) is 10.6. The summed E-state index contributed by atoms with van der Waals surface area (Å²) in [5.74, 6) is -0.516. The van der Waals surface area contributed by atoms with Crippen molar-refractivity contribution in [3.63, 3.8) is 0 Å². The molecule has 0 aromatic heterocycles. The number of esters is 1. The van der Waals surface area contributed by atoms with E-state index in [1.165, 1.54) is 0 Å². The highest BCUT2D eigenvalue weighted by Gasteiger charge is 2.42. The molecule has 1 aliphatic carbocycles. The van der Waals surface area contributed by atoms with Gasteiger partial charge in [0.25, 0.3) is 5.91 Å². The van der Waals surface area contributed by atoms with Gasteiger partial charge in [-0.15, -0.1) is 0 Å². The molecular weight excluding hydrogens is 382 g/mol. The second-order valence-electron chi connectivity index (χ2n) is 6.50. The number of rotatable bonds is 7. The normalized spacial score (nSPS) is 21.2. The molecule has 2 aliphatic rings. The van der Waals surface area contributed by atoms with Crippen molar-refractivity contribution in [2.24, 2.45) is 0 Å². The topological polar surface area (TPSA) is 90.0 Å². The molecule has 3 rings (SSSR count). The molecule has 2 fully saturated rings. The van der Waals surface area contributed by atoms with Crippen LogP contribution >= 0.6 is 11.6 Å². The van der Waals surface area contributed by atoms with Crippen molar-refractivity contribution in [1.82, 2.24) is 4.90 Å². The summed E-state index contributed by atoms with van der Waals surface area (Å²) in [7, 11) is -3.09. The van der Waals surface area contributed by atoms with Gasteiger partial charge >= 0.3 is 5.97 Å². The van der Waals surface area contributed by atoms with Crippen LogP contribution in [0.3, 0.4) is 0 Å². The fraction of sp³-hybridized carbons (Fsp3) is 0.529. The third-order valence-electron chi connectivity index (χ3n) is 4.34. The summed E-state index contributed by atoms with van der Waals surface area (Å²) in [5, 5.41) is 0.484. The Labute approximate surface area is 157 Å². The van der Waals surface area contributed by atoms with Crippen molar-refractivity contribution >= 4 is 33.3 Å². The van der Waals surface area contributed by atoms with Crippen LogP contribution in [0.4, 0.5) is 0 Å². The van der Waals surface area contributed by atoms with E-state index in [2.05, 4.69) is 0 Å². The number of ether oxygens (including phenoxy) is 2. The maximum atomic E-state index is 12.4. The molecule has 1 aromatic rings. The van der Waals surface area contributed by atoms with Crippen LogP contribution in [0, 0.1) is 0 Å². The Balaban J connectivity index is 1.48. The first-order valence-electron chi connectivity index (χ1n) is 8.39. The fourth-order valence-corrected chi connectivity index (χ4v) is 4.90. The Bertz CT molecular complexity index is 792. The van der Waals surface area contributed by atoms with Crippen molar-refractivity contribution in [1.29, 1.82) is 0 Å². The van der Waals surface area contributed by atoms with Gasteiger partial charge in [-0.25, -0.2) is 13.2 Å². The van der Waals surface area contributed by atoms with Crippen molar-refractivity contribution in [2.75, 3.05) is 24.7 Å². The number of benzene rings is 1. The number of amides is 1. The van der Waals surface area contributed by atoms with E-state index in [9.17, 15) is 18.0 Å². The Morgan fingerprint density at radius 2 is 1.92 bits per heavy atom. The molecule has 1 aliphatic heterocycles. The minimum Gasteiger partial charge on any atom is -0.482 e. The Morgan fingerprint density at radius 1 is 1.15 bits per heavy atom. The van der Waals surface area contributed by atoms with Crippen LogP contribution in [0.5, 0.6) is 5.75 Å². The lowest BCUT2D eigenvalue weighted by Crippen LogP contribution is -2.45. The third kappa shape index (κ3) is 5.11. The maximum absolute atomic E-state index is 12.4. The Hall–Kier alpha value is -1.80. The lowest BCUT2D eigenvalue weighted by molar-refractivity contribution is -0.154. The number of hydrogen-bond acceptors (Lipinski definition) is 6. The van der Waals surface area contributed by atoms with Gasteiger partial charge in [0.05, 0.1) is 11.5 Å². The molecule has 9 heteroatoms. The molecule has 1 amide bonds. The molecule has 1 heterocycles. The SMILES string of the molecule is O=C(COc1cccc(Cl)c1)OCC(=O)N(C1CC1)[C@@H]1CCS(=O)(=O)C1. The lowest BCUT2D eigenvalue weighted by Gasteiger charge is -2.28. The highest BCUT2D eigenvalue weighted by molar-refractivity contribution is 7.91. The average Bonchev–Trinajstić information content (AvgIpc) is 3.34. The van der Waals surface area contributed by atoms with Crippen LogP contribution in [0.25, 0.3) is 0 Å². The third-order valence-corrected chi connectivity index (χ3v) is 6.32. The van der Waals surface area contributed by atoms with E-state index in [0.29, 0.717) is 17.2 Å². The molecule has 0 spiro atoms. The van der Waals surface area contributed by atoms with Crippen LogP contribution in [-0.4, -0.2) is 62.0 Å². The summed E-state index contributed by atoms with van der Waals surface area (Å²) in [4.78, 5) is 25.8. The van der Waals surface area contributed by atoms with Crippen molar-refractivity contribution in [2.45, 2.75) is 31.3 Å². The summed E-state index contributed by atoms with van der Waals surface area (Å²) in [6, 6.07) is 6.33. The van der Waals surface area contributed by atoms with Crippen LogP contribution in [-0.2, 0) is 24.2 Å². The molecule has 7 nitrogen and oxygen atoms in total. The van der Waals surface area contributed by atoms with Gasteiger partial charge in [0, 0.05) is 17.1 Å². The number of nitrogens with zero attached hydrogens (tertiary/aromatic N) is 1. The summed E-state index contributed by atoms with van der Waals surface area (Å²) < 4.78 is 33.6. The fourth-order valence-electron chi connectivity index (χ4n) is 3.01.